The molecule has 0 amide bonds. The third-order valence-corrected chi connectivity index (χ3v) is 4.20. The van der Waals surface area contributed by atoms with Crippen molar-refractivity contribution in [2.75, 3.05) is 18.0 Å². The van der Waals surface area contributed by atoms with Crippen molar-refractivity contribution in [1.82, 2.24) is 8.77 Å². The van der Waals surface area contributed by atoms with Crippen LogP contribution in [0.5, 0.6) is 0 Å². The minimum absolute atomic E-state index is 0.890. The molecule has 0 saturated heterocycles. The number of nitrogens with zero attached hydrogens (tertiary/aromatic N) is 4. The van der Waals surface area contributed by atoms with Crippen LogP contribution in [-0.4, -0.2) is 21.9 Å². The largest absolute Gasteiger partial charge is 0.372 e. The quantitative estimate of drug-likeness (QED) is 0.739. The van der Waals surface area contributed by atoms with Gasteiger partial charge in [0.05, 0.1) is 5.69 Å². The maximum atomic E-state index is 4.68. The first kappa shape index (κ1) is 13.8. The summed E-state index contributed by atoms with van der Waals surface area (Å²) in [6.45, 7) is 6.37. The van der Waals surface area contributed by atoms with Crippen LogP contribution in [0.3, 0.4) is 0 Å². The van der Waals surface area contributed by atoms with Gasteiger partial charge >= 0.3 is 0 Å². The Hall–Kier alpha value is -2.14. The van der Waals surface area contributed by atoms with E-state index in [1.54, 1.807) is 0 Å². The van der Waals surface area contributed by atoms with E-state index < -0.39 is 0 Å². The number of rotatable bonds is 4. The number of hydrogen-bond acceptors (Lipinski definition) is 4. The Morgan fingerprint density at radius 3 is 2.57 bits per heavy atom. The van der Waals surface area contributed by atoms with Crippen LogP contribution in [0.4, 0.5) is 11.4 Å². The third-order valence-electron chi connectivity index (χ3n) is 3.47. The zero-order chi connectivity index (χ0) is 14.7. The van der Waals surface area contributed by atoms with E-state index >= 15 is 0 Å². The summed E-state index contributed by atoms with van der Waals surface area (Å²) in [5, 5.41) is 0. The Labute approximate surface area is 128 Å². The second-order valence-corrected chi connectivity index (χ2v) is 5.42. The molecule has 21 heavy (non-hydrogen) atoms. The first-order valence-corrected chi connectivity index (χ1v) is 7.92. The number of fused-ring (bicyclic) bond motifs is 1. The SMILES string of the molecule is CCN(CC)c1ccc(/N=c2\snc3ccccn23)cc1. The zero-order valence-corrected chi connectivity index (χ0v) is 13.0. The standard InChI is InChI=1S/C16H18N4S/c1-3-19(4-2)14-10-8-13(9-11-14)17-16-20-12-6-5-7-15(20)18-21-16/h5-12H,3-4H2,1-2H3/b17-16-. The Kier molecular flexibility index (Phi) is 4.01. The second kappa shape index (κ2) is 6.10. The van der Waals surface area contributed by atoms with Crippen molar-refractivity contribution in [3.05, 3.63) is 53.5 Å². The highest BCUT2D eigenvalue weighted by Crippen LogP contribution is 2.19. The van der Waals surface area contributed by atoms with E-state index in [1.807, 2.05) is 28.8 Å². The number of hydrogen-bond donors (Lipinski definition) is 0. The monoisotopic (exact) mass is 298 g/mol. The van der Waals surface area contributed by atoms with Crippen LogP contribution in [0, 0.1) is 0 Å². The molecule has 0 N–H and O–H groups in total. The molecular weight excluding hydrogens is 280 g/mol. The van der Waals surface area contributed by atoms with Crippen molar-refractivity contribution in [3.63, 3.8) is 0 Å². The minimum atomic E-state index is 0.890. The molecule has 2 heterocycles. The molecule has 0 unspecified atom stereocenters. The third kappa shape index (κ3) is 2.83. The van der Waals surface area contributed by atoms with E-state index in [9.17, 15) is 0 Å². The van der Waals surface area contributed by atoms with Gasteiger partial charge < -0.3 is 4.90 Å². The smallest absolute Gasteiger partial charge is 0.213 e. The number of pyridine rings is 1. The molecule has 0 aliphatic heterocycles. The molecule has 4 nitrogen and oxygen atoms in total. The second-order valence-electron chi connectivity index (χ2n) is 4.69. The Morgan fingerprint density at radius 1 is 1.10 bits per heavy atom. The van der Waals surface area contributed by atoms with Gasteiger partial charge in [0.1, 0.15) is 0 Å². The van der Waals surface area contributed by atoms with Gasteiger partial charge in [-0.2, -0.15) is 4.37 Å². The maximum absolute atomic E-state index is 4.68. The first-order chi connectivity index (χ1) is 10.3. The zero-order valence-electron chi connectivity index (χ0n) is 12.2. The van der Waals surface area contributed by atoms with Crippen LogP contribution >= 0.6 is 11.5 Å². The number of anilines is 1. The Morgan fingerprint density at radius 2 is 1.86 bits per heavy atom. The molecule has 0 radical (unpaired) electrons. The van der Waals surface area contributed by atoms with Crippen LogP contribution in [0.15, 0.2) is 53.7 Å². The summed E-state index contributed by atoms with van der Waals surface area (Å²) in [6.07, 6.45) is 1.99. The molecule has 5 heteroatoms. The summed E-state index contributed by atoms with van der Waals surface area (Å²) in [7, 11) is 0. The van der Waals surface area contributed by atoms with E-state index in [1.165, 1.54) is 17.2 Å². The van der Waals surface area contributed by atoms with E-state index in [4.69, 9.17) is 0 Å². The molecule has 3 rings (SSSR count). The normalized spacial score (nSPS) is 12.0. The molecule has 3 aromatic rings. The van der Waals surface area contributed by atoms with Gasteiger partial charge in [-0.1, -0.05) is 6.07 Å². The van der Waals surface area contributed by atoms with Crippen molar-refractivity contribution < 1.29 is 0 Å². The van der Waals surface area contributed by atoms with E-state index in [0.717, 1.165) is 29.2 Å². The van der Waals surface area contributed by atoms with Gasteiger partial charge in [-0.15, -0.1) is 0 Å². The molecule has 2 aromatic heterocycles. The van der Waals surface area contributed by atoms with Crippen LogP contribution < -0.4 is 9.70 Å². The Bertz CT molecular complexity index is 782. The molecule has 0 atom stereocenters. The molecule has 108 valence electrons. The van der Waals surface area contributed by atoms with E-state index in [2.05, 4.69) is 52.4 Å². The molecule has 0 fully saturated rings. The van der Waals surface area contributed by atoms with Crippen molar-refractivity contribution in [2.24, 2.45) is 4.99 Å². The van der Waals surface area contributed by atoms with Gasteiger partial charge in [-0.3, -0.25) is 4.40 Å². The maximum Gasteiger partial charge on any atom is 0.213 e. The summed E-state index contributed by atoms with van der Waals surface area (Å²) >= 11 is 1.41. The van der Waals surface area contributed by atoms with E-state index in [0.29, 0.717) is 0 Å². The van der Waals surface area contributed by atoms with Gasteiger partial charge in [0, 0.05) is 36.5 Å². The van der Waals surface area contributed by atoms with E-state index in [-0.39, 0.29) is 0 Å². The fourth-order valence-corrected chi connectivity index (χ4v) is 3.03. The average molecular weight is 298 g/mol. The van der Waals surface area contributed by atoms with Crippen LogP contribution in [0.2, 0.25) is 0 Å². The van der Waals surface area contributed by atoms with Crippen molar-refractivity contribution in [3.8, 4) is 0 Å². The lowest BCUT2D eigenvalue weighted by molar-refractivity contribution is 0.866. The number of aromatic nitrogens is 2. The number of benzene rings is 1. The first-order valence-electron chi connectivity index (χ1n) is 7.14. The summed E-state index contributed by atoms with van der Waals surface area (Å²) in [5.74, 6) is 0. The van der Waals surface area contributed by atoms with Crippen LogP contribution in [0.25, 0.3) is 5.65 Å². The van der Waals surface area contributed by atoms with Crippen molar-refractivity contribution in [2.45, 2.75) is 13.8 Å². The molecular formula is C16H18N4S. The van der Waals surface area contributed by atoms with Crippen molar-refractivity contribution >= 4 is 28.6 Å². The lowest BCUT2D eigenvalue weighted by Crippen LogP contribution is -2.21. The van der Waals surface area contributed by atoms with Gasteiger partial charge in [-0.25, -0.2) is 4.99 Å². The summed E-state index contributed by atoms with van der Waals surface area (Å²) in [4.78, 5) is 7.89. The highest BCUT2D eigenvalue weighted by atomic mass is 32.1. The topological polar surface area (TPSA) is 32.9 Å². The minimum Gasteiger partial charge on any atom is -0.372 e. The fourth-order valence-electron chi connectivity index (χ4n) is 2.31. The molecule has 0 bridgehead atoms. The average Bonchev–Trinajstić information content (AvgIpc) is 2.93. The van der Waals surface area contributed by atoms with Gasteiger partial charge in [0.25, 0.3) is 0 Å². The van der Waals surface area contributed by atoms with Crippen LogP contribution in [-0.2, 0) is 0 Å². The van der Waals surface area contributed by atoms with Crippen LogP contribution in [0.1, 0.15) is 13.8 Å². The van der Waals surface area contributed by atoms with Gasteiger partial charge in [-0.05, 0) is 50.2 Å². The molecule has 0 aliphatic carbocycles. The predicted octanol–water partition coefficient (Wildman–Crippen LogP) is 3.47. The molecule has 0 saturated carbocycles. The molecule has 0 aliphatic rings. The predicted molar refractivity (Wildman–Crippen MR) is 88.3 cm³/mol. The summed E-state index contributed by atoms with van der Waals surface area (Å²) in [6, 6.07) is 14.3. The highest BCUT2D eigenvalue weighted by molar-refractivity contribution is 7.03. The molecule has 1 aromatic carbocycles. The molecule has 0 spiro atoms. The van der Waals surface area contributed by atoms with Gasteiger partial charge in [0.15, 0.2) is 5.65 Å². The lowest BCUT2D eigenvalue weighted by atomic mass is 10.2. The lowest BCUT2D eigenvalue weighted by Gasteiger charge is -2.20. The highest BCUT2D eigenvalue weighted by Gasteiger charge is 2.01. The van der Waals surface area contributed by atoms with Crippen molar-refractivity contribution in [1.29, 1.82) is 0 Å². The Balaban J connectivity index is 1.96. The van der Waals surface area contributed by atoms with Gasteiger partial charge in [0.2, 0.25) is 4.80 Å². The summed E-state index contributed by atoms with van der Waals surface area (Å²) < 4.78 is 6.39. The fraction of sp³-hybridized carbons (Fsp3) is 0.250. The summed E-state index contributed by atoms with van der Waals surface area (Å²) in [5.41, 5.74) is 3.12.